The van der Waals surface area contributed by atoms with E-state index in [9.17, 15) is 0 Å². The monoisotopic (exact) mass is 360 g/mol. The van der Waals surface area contributed by atoms with Gasteiger partial charge >= 0.3 is 0 Å². The fourth-order valence-corrected chi connectivity index (χ4v) is 4.81. The van der Waals surface area contributed by atoms with Crippen LogP contribution in [0.5, 0.6) is 0 Å². The van der Waals surface area contributed by atoms with E-state index in [0.717, 1.165) is 25.7 Å². The van der Waals surface area contributed by atoms with Crippen LogP contribution in [-0.2, 0) is 25.7 Å². The van der Waals surface area contributed by atoms with Crippen LogP contribution in [0.4, 0.5) is 0 Å². The Morgan fingerprint density at radius 3 is 1.57 bits per heavy atom. The van der Waals surface area contributed by atoms with Crippen LogP contribution in [0.1, 0.15) is 22.3 Å². The van der Waals surface area contributed by atoms with Gasteiger partial charge in [0.15, 0.2) is 0 Å². The van der Waals surface area contributed by atoms with Crippen molar-refractivity contribution in [3.8, 4) is 22.3 Å². The molecule has 23 heavy (non-hydrogen) atoms. The summed E-state index contributed by atoms with van der Waals surface area (Å²) in [5.74, 6) is 0. The summed E-state index contributed by atoms with van der Waals surface area (Å²) < 4.78 is 1.24. The number of rotatable bonds is 1. The number of benzene rings is 3. The lowest BCUT2D eigenvalue weighted by Gasteiger charge is -2.30. The number of halogens is 1. The number of hydrogen-bond acceptors (Lipinski definition) is 0. The molecule has 5 rings (SSSR count). The summed E-state index contributed by atoms with van der Waals surface area (Å²) in [6, 6.07) is 20.3. The Labute approximate surface area is 145 Å². The van der Waals surface area contributed by atoms with Crippen LogP contribution in [0.3, 0.4) is 0 Å². The molecule has 0 radical (unpaired) electrons. The first-order valence-electron chi connectivity index (χ1n) is 8.32. The largest absolute Gasteiger partial charge is 0.0622 e. The highest BCUT2D eigenvalue weighted by Gasteiger charge is 2.26. The van der Waals surface area contributed by atoms with Gasteiger partial charge in [0.05, 0.1) is 0 Å². The zero-order chi connectivity index (χ0) is 15.4. The molecule has 3 aromatic rings. The van der Waals surface area contributed by atoms with Gasteiger partial charge in [0.25, 0.3) is 0 Å². The molecule has 0 N–H and O–H groups in total. The fourth-order valence-electron chi connectivity index (χ4n) is 4.26. The lowest BCUT2D eigenvalue weighted by Crippen LogP contribution is -2.14. The van der Waals surface area contributed by atoms with E-state index < -0.39 is 0 Å². The molecule has 2 aliphatic carbocycles. The van der Waals surface area contributed by atoms with E-state index in [0.29, 0.717) is 0 Å². The van der Waals surface area contributed by atoms with Gasteiger partial charge in [-0.15, -0.1) is 0 Å². The smallest absolute Gasteiger partial charge is 0.0181 e. The van der Waals surface area contributed by atoms with Crippen LogP contribution in [0.25, 0.3) is 22.3 Å². The summed E-state index contributed by atoms with van der Waals surface area (Å²) in [4.78, 5) is 0. The predicted molar refractivity (Wildman–Crippen MR) is 99.8 cm³/mol. The molecule has 0 unspecified atom stereocenters. The molecule has 1 heteroatoms. The summed E-state index contributed by atoms with van der Waals surface area (Å²) in [6.07, 6.45) is 4.64. The number of hydrogen-bond donors (Lipinski definition) is 0. The van der Waals surface area contributed by atoms with E-state index in [4.69, 9.17) is 0 Å². The zero-order valence-electron chi connectivity index (χ0n) is 12.9. The van der Waals surface area contributed by atoms with E-state index in [1.807, 2.05) is 0 Å². The van der Waals surface area contributed by atoms with Crippen molar-refractivity contribution in [3.05, 3.63) is 81.3 Å². The Balaban J connectivity index is 1.76. The van der Waals surface area contributed by atoms with Crippen LogP contribution < -0.4 is 0 Å². The number of aryl methyl sites for hydroxylation is 4. The molecule has 0 nitrogen and oxygen atoms in total. The minimum absolute atomic E-state index is 1.16. The third-order valence-corrected chi connectivity index (χ3v) is 5.71. The molecule has 0 heterocycles. The van der Waals surface area contributed by atoms with Crippen molar-refractivity contribution >= 4 is 15.9 Å². The van der Waals surface area contributed by atoms with Gasteiger partial charge in [-0.3, -0.25) is 0 Å². The molecule has 0 aromatic heterocycles. The van der Waals surface area contributed by atoms with Crippen molar-refractivity contribution in [3.63, 3.8) is 0 Å². The van der Waals surface area contributed by atoms with E-state index in [2.05, 4.69) is 70.5 Å². The molecule has 0 amide bonds. The van der Waals surface area contributed by atoms with Crippen molar-refractivity contribution in [1.82, 2.24) is 0 Å². The van der Waals surface area contributed by atoms with E-state index in [1.54, 1.807) is 5.56 Å². The van der Waals surface area contributed by atoms with E-state index in [-0.39, 0.29) is 0 Å². The van der Waals surface area contributed by atoms with Gasteiger partial charge in [-0.1, -0.05) is 58.4 Å². The Morgan fingerprint density at radius 1 is 0.565 bits per heavy atom. The van der Waals surface area contributed by atoms with Crippen molar-refractivity contribution in [2.24, 2.45) is 0 Å². The molecule has 0 bridgehead atoms. The minimum Gasteiger partial charge on any atom is -0.0622 e. The summed E-state index contributed by atoms with van der Waals surface area (Å²) in [5.41, 5.74) is 11.9. The lowest BCUT2D eigenvalue weighted by atomic mass is 9.74. The Morgan fingerprint density at radius 2 is 1.04 bits per heavy atom. The first kappa shape index (κ1) is 13.6. The average Bonchev–Trinajstić information content (AvgIpc) is 2.59. The standard InChI is InChI=1S/C22H17Br/c23-20-12-17-8-6-15-10-19(14-4-2-1-3-5-14)11-16-7-9-18(13-20)22(17)21(15)16/h1-5,10-13H,6-9H2. The third kappa shape index (κ3) is 2.10. The molecule has 0 saturated heterocycles. The maximum atomic E-state index is 3.68. The van der Waals surface area contributed by atoms with Gasteiger partial charge < -0.3 is 0 Å². The SMILES string of the molecule is Brc1cc2c3c(c1)CCc1cc(-c4ccccc4)cc(c1-3)CC2. The predicted octanol–water partition coefficient (Wildman–Crippen LogP) is 5.98. The lowest BCUT2D eigenvalue weighted by molar-refractivity contribution is 0.875. The first-order chi connectivity index (χ1) is 11.3. The highest BCUT2D eigenvalue weighted by Crippen LogP contribution is 2.45. The van der Waals surface area contributed by atoms with Crippen molar-refractivity contribution < 1.29 is 0 Å². The summed E-state index contributed by atoms with van der Waals surface area (Å²) >= 11 is 3.68. The molecule has 112 valence electrons. The molecule has 0 spiro atoms. The topological polar surface area (TPSA) is 0 Å². The van der Waals surface area contributed by atoms with Gasteiger partial charge in [-0.25, -0.2) is 0 Å². The molecular weight excluding hydrogens is 344 g/mol. The second kappa shape index (κ2) is 5.07. The van der Waals surface area contributed by atoms with E-state index >= 15 is 0 Å². The molecule has 0 fully saturated rings. The maximum Gasteiger partial charge on any atom is 0.0181 e. The molecule has 3 aromatic carbocycles. The molecule has 0 atom stereocenters. The molecule has 0 saturated carbocycles. The molecule has 2 aliphatic rings. The van der Waals surface area contributed by atoms with Crippen molar-refractivity contribution in [1.29, 1.82) is 0 Å². The minimum atomic E-state index is 1.16. The van der Waals surface area contributed by atoms with Gasteiger partial charge in [0.1, 0.15) is 0 Å². The van der Waals surface area contributed by atoms with Crippen LogP contribution >= 0.6 is 15.9 Å². The van der Waals surface area contributed by atoms with Crippen molar-refractivity contribution in [2.75, 3.05) is 0 Å². The first-order valence-corrected chi connectivity index (χ1v) is 9.12. The summed E-state index contributed by atoms with van der Waals surface area (Å²) in [6.45, 7) is 0. The third-order valence-electron chi connectivity index (χ3n) is 5.25. The van der Waals surface area contributed by atoms with Crippen LogP contribution in [0.15, 0.2) is 59.1 Å². The second-order valence-electron chi connectivity index (χ2n) is 6.63. The van der Waals surface area contributed by atoms with E-state index in [1.165, 1.54) is 43.4 Å². The summed E-state index contributed by atoms with van der Waals surface area (Å²) in [5, 5.41) is 0. The van der Waals surface area contributed by atoms with Crippen LogP contribution in [-0.4, -0.2) is 0 Å². The Hall–Kier alpha value is -1.86. The van der Waals surface area contributed by atoms with Crippen LogP contribution in [0, 0.1) is 0 Å². The van der Waals surface area contributed by atoms with Gasteiger partial charge in [-0.05, 0) is 82.3 Å². The highest BCUT2D eigenvalue weighted by atomic mass is 79.9. The van der Waals surface area contributed by atoms with Crippen molar-refractivity contribution in [2.45, 2.75) is 25.7 Å². The second-order valence-corrected chi connectivity index (χ2v) is 7.55. The summed E-state index contributed by atoms with van der Waals surface area (Å²) in [7, 11) is 0. The maximum absolute atomic E-state index is 3.68. The van der Waals surface area contributed by atoms with Gasteiger partial charge in [0.2, 0.25) is 0 Å². The fraction of sp³-hybridized carbons (Fsp3) is 0.182. The van der Waals surface area contributed by atoms with Crippen LogP contribution in [0.2, 0.25) is 0 Å². The Kier molecular flexibility index (Phi) is 2.99. The molecular formula is C22H17Br. The quantitative estimate of drug-likeness (QED) is 0.500. The highest BCUT2D eigenvalue weighted by molar-refractivity contribution is 9.10. The zero-order valence-corrected chi connectivity index (χ0v) is 14.5. The average molecular weight is 361 g/mol. The Bertz CT molecular complexity index is 872. The van der Waals surface area contributed by atoms with Gasteiger partial charge in [0, 0.05) is 4.47 Å². The normalized spacial score (nSPS) is 14.5. The molecule has 0 aliphatic heterocycles. The van der Waals surface area contributed by atoms with Gasteiger partial charge in [-0.2, -0.15) is 0 Å².